The van der Waals surface area contributed by atoms with E-state index >= 15 is 0 Å². The van der Waals surface area contributed by atoms with Gasteiger partial charge in [-0.2, -0.15) is 10.2 Å². The van der Waals surface area contributed by atoms with Crippen LogP contribution in [0, 0.1) is 19.8 Å². The maximum atomic E-state index is 4.91. The standard InChI is InChI=1S/C22H27N7/c1-4-27-10-7-17(8-11-27)18-5-6-22-24-19(9-12-28(22)25-18)20-13-21-16(3)23-15(2)14-29(21)26-20/h5-6,9,13-14,17H,4,7-8,10-12H2,1-3H3. The van der Waals surface area contributed by atoms with Crippen molar-refractivity contribution in [1.29, 1.82) is 0 Å². The van der Waals surface area contributed by atoms with Crippen LogP contribution >= 0.6 is 0 Å². The highest BCUT2D eigenvalue weighted by atomic mass is 15.5. The highest BCUT2D eigenvalue weighted by Crippen LogP contribution is 2.26. The molecule has 0 aliphatic carbocycles. The average molecular weight is 390 g/mol. The lowest BCUT2D eigenvalue weighted by Gasteiger charge is -2.33. The van der Waals surface area contributed by atoms with Crippen LogP contribution in [0.4, 0.5) is 0 Å². The molecule has 2 aromatic rings. The fraction of sp³-hybridized carbons (Fsp3) is 0.455. The number of aromatic nitrogens is 3. The van der Waals surface area contributed by atoms with Crippen molar-refractivity contribution in [3.63, 3.8) is 0 Å². The number of hydrogen-bond donors (Lipinski definition) is 0. The van der Waals surface area contributed by atoms with Gasteiger partial charge in [-0.1, -0.05) is 6.92 Å². The lowest BCUT2D eigenvalue weighted by molar-refractivity contribution is 0.219. The quantitative estimate of drug-likeness (QED) is 0.809. The zero-order chi connectivity index (χ0) is 20.0. The van der Waals surface area contributed by atoms with E-state index in [1.807, 2.05) is 29.6 Å². The number of piperidine rings is 1. The third kappa shape index (κ3) is 3.40. The van der Waals surface area contributed by atoms with E-state index in [-0.39, 0.29) is 0 Å². The average Bonchev–Trinajstić information content (AvgIpc) is 3.17. The van der Waals surface area contributed by atoms with Gasteiger partial charge < -0.3 is 4.90 Å². The number of nitrogens with zero attached hydrogens (tertiary/aromatic N) is 7. The number of hydrazone groups is 1. The molecule has 5 rings (SSSR count). The van der Waals surface area contributed by atoms with Crippen LogP contribution < -0.4 is 0 Å². The Hall–Kier alpha value is -2.80. The molecule has 7 heteroatoms. The van der Waals surface area contributed by atoms with E-state index in [1.165, 1.54) is 31.6 Å². The molecule has 0 aromatic carbocycles. The Balaban J connectivity index is 1.35. The third-order valence-corrected chi connectivity index (χ3v) is 6.07. The zero-order valence-electron chi connectivity index (χ0n) is 17.3. The zero-order valence-corrected chi connectivity index (χ0v) is 17.3. The summed E-state index contributed by atoms with van der Waals surface area (Å²) in [6, 6.07) is 2.07. The molecule has 1 saturated heterocycles. The lowest BCUT2D eigenvalue weighted by atomic mass is 9.91. The van der Waals surface area contributed by atoms with Crippen LogP contribution in [-0.2, 0) is 0 Å². The summed E-state index contributed by atoms with van der Waals surface area (Å²) in [6.07, 6.45) is 10.7. The summed E-state index contributed by atoms with van der Waals surface area (Å²) in [5.41, 5.74) is 5.94. The molecule has 2 aromatic heterocycles. The molecule has 0 atom stereocenters. The molecule has 0 unspecified atom stereocenters. The lowest BCUT2D eigenvalue weighted by Crippen LogP contribution is -2.38. The summed E-state index contributed by atoms with van der Waals surface area (Å²) in [4.78, 5) is 11.9. The smallest absolute Gasteiger partial charge is 0.149 e. The number of likely N-dealkylation sites (tertiary alicyclic amines) is 1. The number of aryl methyl sites for hydroxylation is 2. The van der Waals surface area contributed by atoms with Gasteiger partial charge in [-0.05, 0) is 70.6 Å². The van der Waals surface area contributed by atoms with Gasteiger partial charge in [-0.3, -0.25) is 4.98 Å². The Morgan fingerprint density at radius 1 is 1.14 bits per heavy atom. The van der Waals surface area contributed by atoms with Crippen LogP contribution in [-0.4, -0.2) is 62.2 Å². The van der Waals surface area contributed by atoms with Crippen LogP contribution in [0.5, 0.6) is 0 Å². The van der Waals surface area contributed by atoms with Gasteiger partial charge in [0.2, 0.25) is 0 Å². The monoisotopic (exact) mass is 389 g/mol. The summed E-state index contributed by atoms with van der Waals surface area (Å²) in [7, 11) is 0. The minimum Gasteiger partial charge on any atom is -0.304 e. The number of hydrogen-bond acceptors (Lipinski definition) is 6. The molecule has 150 valence electrons. The van der Waals surface area contributed by atoms with E-state index in [1.54, 1.807) is 0 Å². The van der Waals surface area contributed by atoms with Gasteiger partial charge in [0.25, 0.3) is 0 Å². The second kappa shape index (κ2) is 7.22. The Morgan fingerprint density at radius 2 is 1.97 bits per heavy atom. The molecule has 0 amide bonds. The Bertz CT molecular complexity index is 1060. The molecular weight excluding hydrogens is 362 g/mol. The van der Waals surface area contributed by atoms with E-state index in [9.17, 15) is 0 Å². The summed E-state index contributed by atoms with van der Waals surface area (Å²) in [6.45, 7) is 10.4. The maximum absolute atomic E-state index is 4.91. The first kappa shape index (κ1) is 18.2. The normalized spacial score (nSPS) is 20.5. The van der Waals surface area contributed by atoms with Crippen LogP contribution in [0.1, 0.15) is 36.8 Å². The van der Waals surface area contributed by atoms with Crippen molar-refractivity contribution < 1.29 is 0 Å². The highest BCUT2D eigenvalue weighted by Gasteiger charge is 2.26. The Kier molecular flexibility index (Phi) is 4.54. The minimum atomic E-state index is 0.554. The van der Waals surface area contributed by atoms with Crippen molar-refractivity contribution in [1.82, 2.24) is 24.5 Å². The fourth-order valence-corrected chi connectivity index (χ4v) is 4.38. The molecular formula is C22H27N7. The van der Waals surface area contributed by atoms with Gasteiger partial charge in [0, 0.05) is 5.92 Å². The van der Waals surface area contributed by atoms with E-state index in [2.05, 4.69) is 41.1 Å². The first-order valence-electron chi connectivity index (χ1n) is 10.5. The van der Waals surface area contributed by atoms with E-state index < -0.39 is 0 Å². The molecule has 29 heavy (non-hydrogen) atoms. The maximum Gasteiger partial charge on any atom is 0.149 e. The first-order chi connectivity index (χ1) is 14.1. The summed E-state index contributed by atoms with van der Waals surface area (Å²) >= 11 is 0. The summed E-state index contributed by atoms with van der Waals surface area (Å²) < 4.78 is 1.90. The molecule has 0 N–H and O–H groups in total. The van der Waals surface area contributed by atoms with E-state index in [0.29, 0.717) is 5.92 Å². The number of allylic oxidation sites excluding steroid dienone is 1. The Morgan fingerprint density at radius 3 is 2.76 bits per heavy atom. The molecule has 0 saturated carbocycles. The topological polar surface area (TPSA) is 61.4 Å². The van der Waals surface area contributed by atoms with Gasteiger partial charge in [0.1, 0.15) is 11.5 Å². The second-order valence-corrected chi connectivity index (χ2v) is 8.04. The van der Waals surface area contributed by atoms with Gasteiger partial charge in [-0.15, -0.1) is 0 Å². The van der Waals surface area contributed by atoms with Gasteiger partial charge >= 0.3 is 0 Å². The number of rotatable bonds is 3. The van der Waals surface area contributed by atoms with Crippen LogP contribution in [0.2, 0.25) is 0 Å². The molecule has 3 aliphatic heterocycles. The van der Waals surface area contributed by atoms with Crippen molar-refractivity contribution in [3.05, 3.63) is 47.6 Å². The Labute approximate surface area is 171 Å². The predicted octanol–water partition coefficient (Wildman–Crippen LogP) is 3.06. The SMILES string of the molecule is CCN1CCC(C2=NN3CC=C(c4cc5c(C)nc(C)cn5n4)N=C3C=C2)CC1. The van der Waals surface area contributed by atoms with Crippen LogP contribution in [0.15, 0.2) is 40.6 Å². The molecule has 0 bridgehead atoms. The molecule has 7 nitrogen and oxygen atoms in total. The van der Waals surface area contributed by atoms with Crippen molar-refractivity contribution in [3.8, 4) is 0 Å². The number of amidine groups is 1. The third-order valence-electron chi connectivity index (χ3n) is 6.07. The molecule has 5 heterocycles. The van der Waals surface area contributed by atoms with Gasteiger partial charge in [0.15, 0.2) is 0 Å². The van der Waals surface area contributed by atoms with Gasteiger partial charge in [0.05, 0.1) is 41.1 Å². The van der Waals surface area contributed by atoms with Crippen molar-refractivity contribution in [2.24, 2.45) is 16.0 Å². The molecule has 1 fully saturated rings. The van der Waals surface area contributed by atoms with Crippen molar-refractivity contribution >= 4 is 22.8 Å². The molecule has 0 radical (unpaired) electrons. The highest BCUT2D eigenvalue weighted by molar-refractivity contribution is 6.08. The minimum absolute atomic E-state index is 0.554. The van der Waals surface area contributed by atoms with Crippen LogP contribution in [0.25, 0.3) is 11.2 Å². The van der Waals surface area contributed by atoms with Crippen molar-refractivity contribution in [2.75, 3.05) is 26.2 Å². The summed E-state index contributed by atoms with van der Waals surface area (Å²) in [5.74, 6) is 1.44. The summed E-state index contributed by atoms with van der Waals surface area (Å²) in [5, 5.41) is 11.6. The largest absolute Gasteiger partial charge is 0.304 e. The molecule has 3 aliphatic rings. The first-order valence-corrected chi connectivity index (χ1v) is 10.5. The van der Waals surface area contributed by atoms with Crippen LogP contribution in [0.3, 0.4) is 0 Å². The number of aliphatic imine (C=N–C) groups is 1. The van der Waals surface area contributed by atoms with Crippen molar-refractivity contribution in [2.45, 2.75) is 33.6 Å². The van der Waals surface area contributed by atoms with Gasteiger partial charge in [-0.25, -0.2) is 14.5 Å². The predicted molar refractivity (Wildman–Crippen MR) is 116 cm³/mol. The second-order valence-electron chi connectivity index (χ2n) is 8.04. The molecule has 0 spiro atoms. The van der Waals surface area contributed by atoms with E-state index in [4.69, 9.17) is 15.2 Å². The number of fused-ring (bicyclic) bond motifs is 2. The van der Waals surface area contributed by atoms with E-state index in [0.717, 1.165) is 47.2 Å². The fourth-order valence-electron chi connectivity index (χ4n) is 4.38.